The average Bonchev–Trinajstić information content (AvgIpc) is 3.40. The molecule has 36 heavy (non-hydrogen) atoms. The maximum atomic E-state index is 13.2. The Morgan fingerprint density at radius 1 is 1.11 bits per heavy atom. The van der Waals surface area contributed by atoms with Gasteiger partial charge in [-0.3, -0.25) is 14.6 Å². The summed E-state index contributed by atoms with van der Waals surface area (Å²) in [4.78, 5) is 39.6. The maximum Gasteiger partial charge on any atom is 0.308 e. The zero-order chi connectivity index (χ0) is 25.1. The molecule has 2 aromatic heterocycles. The summed E-state index contributed by atoms with van der Waals surface area (Å²) >= 11 is 0. The maximum absolute atomic E-state index is 13.2. The average molecular weight is 490 g/mol. The molecule has 2 aliphatic heterocycles. The van der Waals surface area contributed by atoms with Crippen LogP contribution in [0.3, 0.4) is 0 Å². The molecule has 1 amide bonds. The number of carbonyl (C=O) groups excluding carboxylic acids is 1. The Bertz CT molecular complexity index is 1260. The number of aromatic nitrogens is 3. The van der Waals surface area contributed by atoms with E-state index in [2.05, 4.69) is 30.5 Å². The lowest BCUT2D eigenvalue weighted by molar-refractivity contribution is -0.141. The van der Waals surface area contributed by atoms with E-state index < -0.39 is 17.8 Å². The fraction of sp³-hybridized carbons (Fsp3) is 0.320. The standard InChI is InChI=1S/C25H27N7O4/c26-23-22(24(33)31-20-13-27-6-5-21(20)32-7-9-36-10-8-32)30-19(14-29-23)16-3-1-15(2-4-16)17-11-28-12-18(17)25(34)35/h1-6,13-14,17-18,28H,7-12H2,(H2,26,29)(H,31,33)(H,34,35)/t17?,18-/m1/s1. The number of hydrogen-bond donors (Lipinski definition) is 4. The molecule has 5 N–H and O–H groups in total. The summed E-state index contributed by atoms with van der Waals surface area (Å²) in [5, 5.41) is 15.5. The smallest absolute Gasteiger partial charge is 0.308 e. The number of benzene rings is 1. The predicted molar refractivity (Wildman–Crippen MR) is 134 cm³/mol. The van der Waals surface area contributed by atoms with Gasteiger partial charge in [0.15, 0.2) is 11.5 Å². The van der Waals surface area contributed by atoms with Gasteiger partial charge in [0.25, 0.3) is 5.91 Å². The summed E-state index contributed by atoms with van der Waals surface area (Å²) in [6.07, 6.45) is 4.79. The van der Waals surface area contributed by atoms with Crippen LogP contribution in [-0.4, -0.2) is 71.3 Å². The number of ether oxygens (including phenoxy) is 1. The number of morpholine rings is 1. The van der Waals surface area contributed by atoms with Crippen LogP contribution in [0.5, 0.6) is 0 Å². The normalized spacial score (nSPS) is 19.7. The van der Waals surface area contributed by atoms with Crippen LogP contribution in [0, 0.1) is 5.92 Å². The first-order valence-corrected chi connectivity index (χ1v) is 11.8. The van der Waals surface area contributed by atoms with Crippen molar-refractivity contribution in [2.75, 3.05) is 55.3 Å². The fourth-order valence-electron chi connectivity index (χ4n) is 4.64. The molecule has 0 spiro atoms. The Morgan fingerprint density at radius 3 is 2.64 bits per heavy atom. The minimum atomic E-state index is -0.806. The summed E-state index contributed by atoms with van der Waals surface area (Å²) in [6.45, 7) is 3.72. The molecule has 5 rings (SSSR count). The number of nitrogens with two attached hydrogens (primary N) is 1. The molecule has 2 fully saturated rings. The van der Waals surface area contributed by atoms with Gasteiger partial charge in [-0.15, -0.1) is 0 Å². The molecule has 2 aliphatic rings. The molecular weight excluding hydrogens is 462 g/mol. The van der Waals surface area contributed by atoms with E-state index >= 15 is 0 Å². The van der Waals surface area contributed by atoms with Crippen molar-refractivity contribution in [1.82, 2.24) is 20.3 Å². The second kappa shape index (κ2) is 10.3. The predicted octanol–water partition coefficient (Wildman–Crippen LogP) is 1.60. The highest BCUT2D eigenvalue weighted by molar-refractivity contribution is 6.07. The fourth-order valence-corrected chi connectivity index (χ4v) is 4.64. The van der Waals surface area contributed by atoms with Crippen molar-refractivity contribution in [3.63, 3.8) is 0 Å². The van der Waals surface area contributed by atoms with E-state index in [9.17, 15) is 14.7 Å². The third-order valence-corrected chi connectivity index (χ3v) is 6.58. The lowest BCUT2D eigenvalue weighted by Crippen LogP contribution is -2.36. The number of anilines is 3. The van der Waals surface area contributed by atoms with E-state index in [4.69, 9.17) is 10.5 Å². The van der Waals surface area contributed by atoms with Crippen molar-refractivity contribution >= 4 is 29.1 Å². The van der Waals surface area contributed by atoms with Gasteiger partial charge in [0.1, 0.15) is 0 Å². The van der Waals surface area contributed by atoms with Crippen molar-refractivity contribution in [3.05, 3.63) is 60.2 Å². The highest BCUT2D eigenvalue weighted by Gasteiger charge is 2.33. The molecule has 0 bridgehead atoms. The van der Waals surface area contributed by atoms with Crippen LogP contribution >= 0.6 is 0 Å². The first-order chi connectivity index (χ1) is 17.5. The highest BCUT2D eigenvalue weighted by Crippen LogP contribution is 2.30. The molecule has 3 aromatic rings. The summed E-state index contributed by atoms with van der Waals surface area (Å²) in [6, 6.07) is 9.34. The van der Waals surface area contributed by atoms with Crippen molar-refractivity contribution in [1.29, 1.82) is 0 Å². The summed E-state index contributed by atoms with van der Waals surface area (Å²) < 4.78 is 5.43. The Kier molecular flexibility index (Phi) is 6.74. The lowest BCUT2D eigenvalue weighted by atomic mass is 9.88. The van der Waals surface area contributed by atoms with E-state index in [1.165, 1.54) is 6.20 Å². The van der Waals surface area contributed by atoms with Gasteiger partial charge in [0.05, 0.1) is 48.6 Å². The quantitative estimate of drug-likeness (QED) is 0.401. The summed E-state index contributed by atoms with van der Waals surface area (Å²) in [5.41, 5.74) is 9.59. The lowest BCUT2D eigenvalue weighted by Gasteiger charge is -2.30. The topological polar surface area (TPSA) is 156 Å². The monoisotopic (exact) mass is 489 g/mol. The van der Waals surface area contributed by atoms with E-state index in [-0.39, 0.29) is 17.4 Å². The molecule has 1 aromatic carbocycles. The molecule has 1 unspecified atom stereocenters. The van der Waals surface area contributed by atoms with Gasteiger partial charge < -0.3 is 31.1 Å². The van der Waals surface area contributed by atoms with Crippen molar-refractivity contribution < 1.29 is 19.4 Å². The van der Waals surface area contributed by atoms with Gasteiger partial charge in [-0.05, 0) is 11.6 Å². The number of carbonyl (C=O) groups is 2. The molecule has 11 heteroatoms. The van der Waals surface area contributed by atoms with Crippen LogP contribution < -0.4 is 21.3 Å². The zero-order valence-electron chi connectivity index (χ0n) is 19.6. The Labute approximate surface area is 207 Å². The number of amides is 1. The number of nitrogens with zero attached hydrogens (tertiary/aromatic N) is 4. The first-order valence-electron chi connectivity index (χ1n) is 11.8. The minimum Gasteiger partial charge on any atom is -0.481 e. The van der Waals surface area contributed by atoms with Crippen LogP contribution in [0.25, 0.3) is 11.3 Å². The first kappa shape index (κ1) is 23.6. The molecule has 186 valence electrons. The molecule has 11 nitrogen and oxygen atoms in total. The number of hydrogen-bond acceptors (Lipinski definition) is 9. The van der Waals surface area contributed by atoms with Crippen molar-refractivity contribution in [2.24, 2.45) is 5.92 Å². The second-order valence-electron chi connectivity index (χ2n) is 8.77. The van der Waals surface area contributed by atoms with E-state index in [1.54, 1.807) is 12.4 Å². The van der Waals surface area contributed by atoms with Crippen LogP contribution in [0.2, 0.25) is 0 Å². The largest absolute Gasteiger partial charge is 0.481 e. The number of nitrogens with one attached hydrogen (secondary N) is 2. The van der Waals surface area contributed by atoms with Gasteiger partial charge in [0.2, 0.25) is 0 Å². The Balaban J connectivity index is 1.36. The second-order valence-corrected chi connectivity index (χ2v) is 8.77. The number of nitrogen functional groups attached to an aromatic ring is 1. The molecule has 0 saturated carbocycles. The van der Waals surface area contributed by atoms with E-state index in [0.717, 1.165) is 16.8 Å². The molecule has 2 atom stereocenters. The number of rotatable bonds is 6. The van der Waals surface area contributed by atoms with Gasteiger partial charge in [-0.2, -0.15) is 0 Å². The summed E-state index contributed by atoms with van der Waals surface area (Å²) in [5.74, 6) is -1.83. The van der Waals surface area contributed by atoms with Crippen molar-refractivity contribution in [2.45, 2.75) is 5.92 Å². The van der Waals surface area contributed by atoms with E-state index in [1.807, 2.05) is 30.3 Å². The van der Waals surface area contributed by atoms with Crippen molar-refractivity contribution in [3.8, 4) is 11.3 Å². The van der Waals surface area contributed by atoms with Crippen LogP contribution in [0.4, 0.5) is 17.2 Å². The Morgan fingerprint density at radius 2 is 1.89 bits per heavy atom. The van der Waals surface area contributed by atoms with Crippen LogP contribution in [0.15, 0.2) is 48.9 Å². The molecule has 4 heterocycles. The Hall–Kier alpha value is -4.09. The highest BCUT2D eigenvalue weighted by atomic mass is 16.5. The van der Waals surface area contributed by atoms with Gasteiger partial charge in [-0.25, -0.2) is 9.97 Å². The van der Waals surface area contributed by atoms with E-state index in [0.29, 0.717) is 50.8 Å². The number of pyridine rings is 1. The molecular formula is C25H27N7O4. The number of carboxylic acid groups (broad SMARTS) is 1. The van der Waals surface area contributed by atoms with Gasteiger partial charge in [-0.1, -0.05) is 24.3 Å². The van der Waals surface area contributed by atoms with Crippen LogP contribution in [0.1, 0.15) is 22.0 Å². The molecule has 2 saturated heterocycles. The SMILES string of the molecule is Nc1ncc(-c2ccc(C3CNC[C@H]3C(=O)O)cc2)nc1C(=O)Nc1cnccc1N1CCOCC1. The number of aliphatic carboxylic acids is 1. The molecule has 0 radical (unpaired) electrons. The summed E-state index contributed by atoms with van der Waals surface area (Å²) in [7, 11) is 0. The molecule has 0 aliphatic carbocycles. The third-order valence-electron chi connectivity index (χ3n) is 6.58. The number of carboxylic acids is 1. The third kappa shape index (κ3) is 4.83. The van der Waals surface area contributed by atoms with Gasteiger partial charge >= 0.3 is 5.97 Å². The van der Waals surface area contributed by atoms with Crippen LogP contribution in [-0.2, 0) is 9.53 Å². The zero-order valence-corrected chi connectivity index (χ0v) is 19.6. The minimum absolute atomic E-state index is 0.0132. The van der Waals surface area contributed by atoms with Gasteiger partial charge in [0, 0.05) is 43.9 Å².